The van der Waals surface area contributed by atoms with E-state index in [4.69, 9.17) is 5.73 Å². The molecule has 0 amide bonds. The Kier molecular flexibility index (Phi) is 2.37. The van der Waals surface area contributed by atoms with Crippen LogP contribution in [-0.2, 0) is 6.54 Å². The molecule has 0 spiro atoms. The first kappa shape index (κ1) is 9.64. The highest BCUT2D eigenvalue weighted by molar-refractivity contribution is 5.71. The van der Waals surface area contributed by atoms with E-state index in [1.807, 2.05) is 32.0 Å². The molecule has 0 atom stereocenters. The van der Waals surface area contributed by atoms with Gasteiger partial charge in [-0.3, -0.25) is 0 Å². The first-order valence-electron chi connectivity index (χ1n) is 4.85. The number of hydrogen-bond acceptors (Lipinski definition) is 4. The van der Waals surface area contributed by atoms with Crippen molar-refractivity contribution >= 4 is 5.69 Å². The zero-order valence-electron chi connectivity index (χ0n) is 8.81. The van der Waals surface area contributed by atoms with Gasteiger partial charge in [-0.05, 0) is 36.4 Å². The van der Waals surface area contributed by atoms with Crippen molar-refractivity contribution < 1.29 is 0 Å². The van der Waals surface area contributed by atoms with Crippen LogP contribution in [0.3, 0.4) is 0 Å². The number of tetrazole rings is 1. The predicted molar refractivity (Wildman–Crippen MR) is 58.1 cm³/mol. The van der Waals surface area contributed by atoms with E-state index in [2.05, 4.69) is 15.5 Å². The van der Waals surface area contributed by atoms with Gasteiger partial charge in [-0.25, -0.2) is 4.68 Å². The van der Waals surface area contributed by atoms with Gasteiger partial charge in [0, 0.05) is 17.8 Å². The van der Waals surface area contributed by atoms with Crippen molar-refractivity contribution in [1.29, 1.82) is 0 Å². The Labute approximate surface area is 87.9 Å². The van der Waals surface area contributed by atoms with Crippen molar-refractivity contribution in [3.8, 4) is 11.4 Å². The number of rotatable bonds is 2. The molecule has 5 nitrogen and oxygen atoms in total. The molecule has 1 aromatic carbocycles. The van der Waals surface area contributed by atoms with Crippen LogP contribution in [0.15, 0.2) is 18.2 Å². The monoisotopic (exact) mass is 203 g/mol. The van der Waals surface area contributed by atoms with E-state index in [0.717, 1.165) is 23.5 Å². The molecule has 0 saturated carbocycles. The molecule has 0 fully saturated rings. The van der Waals surface area contributed by atoms with Gasteiger partial charge in [0.2, 0.25) is 0 Å². The Hall–Kier alpha value is -1.91. The first-order chi connectivity index (χ1) is 7.22. The summed E-state index contributed by atoms with van der Waals surface area (Å²) in [6, 6.07) is 5.84. The molecule has 2 aromatic rings. The van der Waals surface area contributed by atoms with Gasteiger partial charge >= 0.3 is 0 Å². The number of nitrogens with zero attached hydrogens (tertiary/aromatic N) is 4. The SMILES string of the molecule is CCn1nnnc1-c1cc(C)ccc1N. The summed E-state index contributed by atoms with van der Waals surface area (Å²) in [5, 5.41) is 11.5. The molecule has 0 aliphatic heterocycles. The van der Waals surface area contributed by atoms with E-state index in [0.29, 0.717) is 5.69 Å². The minimum absolute atomic E-state index is 0.699. The molecule has 0 unspecified atom stereocenters. The van der Waals surface area contributed by atoms with Gasteiger partial charge in [-0.2, -0.15) is 0 Å². The molecule has 2 rings (SSSR count). The fraction of sp³-hybridized carbons (Fsp3) is 0.300. The first-order valence-corrected chi connectivity index (χ1v) is 4.85. The van der Waals surface area contributed by atoms with Gasteiger partial charge in [0.25, 0.3) is 0 Å². The lowest BCUT2D eigenvalue weighted by Gasteiger charge is -2.05. The molecule has 2 N–H and O–H groups in total. The third-order valence-electron chi connectivity index (χ3n) is 2.28. The molecule has 0 aliphatic carbocycles. The lowest BCUT2D eigenvalue weighted by Crippen LogP contribution is -2.02. The Bertz CT molecular complexity index is 474. The lowest BCUT2D eigenvalue weighted by molar-refractivity contribution is 0.631. The van der Waals surface area contributed by atoms with Crippen molar-refractivity contribution in [3.05, 3.63) is 23.8 Å². The maximum absolute atomic E-state index is 5.90. The largest absolute Gasteiger partial charge is 0.398 e. The fourth-order valence-corrected chi connectivity index (χ4v) is 1.47. The summed E-state index contributed by atoms with van der Waals surface area (Å²) in [7, 11) is 0. The van der Waals surface area contributed by atoms with Crippen LogP contribution in [0.4, 0.5) is 5.69 Å². The number of anilines is 1. The van der Waals surface area contributed by atoms with Crippen LogP contribution in [-0.4, -0.2) is 20.2 Å². The highest BCUT2D eigenvalue weighted by atomic mass is 15.5. The van der Waals surface area contributed by atoms with Gasteiger partial charge in [0.05, 0.1) is 0 Å². The second kappa shape index (κ2) is 3.68. The normalized spacial score (nSPS) is 10.5. The molecular formula is C10H13N5. The Morgan fingerprint density at radius 2 is 2.20 bits per heavy atom. The molecule has 5 heteroatoms. The van der Waals surface area contributed by atoms with Crippen molar-refractivity contribution in [2.45, 2.75) is 20.4 Å². The molecule has 78 valence electrons. The maximum Gasteiger partial charge on any atom is 0.184 e. The highest BCUT2D eigenvalue weighted by Gasteiger charge is 2.10. The van der Waals surface area contributed by atoms with E-state index in [-0.39, 0.29) is 0 Å². The van der Waals surface area contributed by atoms with E-state index in [1.54, 1.807) is 4.68 Å². The second-order valence-corrected chi connectivity index (χ2v) is 3.41. The summed E-state index contributed by atoms with van der Waals surface area (Å²) < 4.78 is 1.73. The van der Waals surface area contributed by atoms with Crippen molar-refractivity contribution in [2.75, 3.05) is 5.73 Å². The van der Waals surface area contributed by atoms with Crippen molar-refractivity contribution in [2.24, 2.45) is 0 Å². The summed E-state index contributed by atoms with van der Waals surface area (Å²) in [5.41, 5.74) is 8.63. The quantitative estimate of drug-likeness (QED) is 0.746. The summed E-state index contributed by atoms with van der Waals surface area (Å²) in [4.78, 5) is 0. The summed E-state index contributed by atoms with van der Waals surface area (Å²) in [5.74, 6) is 0.721. The number of aromatic nitrogens is 4. The molecule has 0 radical (unpaired) electrons. The third-order valence-corrected chi connectivity index (χ3v) is 2.28. The standard InChI is InChI=1S/C10H13N5/c1-3-15-10(12-13-14-15)8-6-7(2)4-5-9(8)11/h4-6H,3,11H2,1-2H3. The number of nitrogen functional groups attached to an aromatic ring is 1. The summed E-state index contributed by atoms with van der Waals surface area (Å²) >= 11 is 0. The Morgan fingerprint density at radius 3 is 2.93 bits per heavy atom. The smallest absolute Gasteiger partial charge is 0.184 e. The van der Waals surface area contributed by atoms with Crippen molar-refractivity contribution in [3.63, 3.8) is 0 Å². The van der Waals surface area contributed by atoms with Crippen LogP contribution in [0.1, 0.15) is 12.5 Å². The number of aryl methyl sites for hydroxylation is 2. The minimum Gasteiger partial charge on any atom is -0.398 e. The van der Waals surface area contributed by atoms with Crippen LogP contribution in [0.25, 0.3) is 11.4 Å². The second-order valence-electron chi connectivity index (χ2n) is 3.41. The zero-order valence-corrected chi connectivity index (χ0v) is 8.81. The number of nitrogens with two attached hydrogens (primary N) is 1. The van der Waals surface area contributed by atoms with Gasteiger partial charge < -0.3 is 5.73 Å². The van der Waals surface area contributed by atoms with Crippen LogP contribution in [0, 0.1) is 6.92 Å². The molecule has 15 heavy (non-hydrogen) atoms. The van der Waals surface area contributed by atoms with Crippen LogP contribution in [0.2, 0.25) is 0 Å². The van der Waals surface area contributed by atoms with Crippen LogP contribution >= 0.6 is 0 Å². The number of benzene rings is 1. The van der Waals surface area contributed by atoms with E-state index < -0.39 is 0 Å². The molecular weight excluding hydrogens is 190 g/mol. The average molecular weight is 203 g/mol. The van der Waals surface area contributed by atoms with Gasteiger partial charge in [0.1, 0.15) is 0 Å². The van der Waals surface area contributed by atoms with E-state index in [1.165, 1.54) is 0 Å². The topological polar surface area (TPSA) is 69.6 Å². The minimum atomic E-state index is 0.699. The molecule has 0 aliphatic rings. The van der Waals surface area contributed by atoms with E-state index >= 15 is 0 Å². The predicted octanol–water partition coefficient (Wildman–Crippen LogP) is 1.25. The third kappa shape index (κ3) is 1.68. The van der Waals surface area contributed by atoms with Crippen LogP contribution < -0.4 is 5.73 Å². The number of hydrogen-bond donors (Lipinski definition) is 1. The molecule has 1 aromatic heterocycles. The molecule has 0 bridgehead atoms. The summed E-state index contributed by atoms with van der Waals surface area (Å²) in [6.45, 7) is 4.74. The Balaban J connectivity index is 2.58. The average Bonchev–Trinajstić information content (AvgIpc) is 2.69. The molecule has 1 heterocycles. The maximum atomic E-state index is 5.90. The van der Waals surface area contributed by atoms with Gasteiger partial charge in [-0.1, -0.05) is 11.6 Å². The van der Waals surface area contributed by atoms with E-state index in [9.17, 15) is 0 Å². The lowest BCUT2D eigenvalue weighted by atomic mass is 10.1. The highest BCUT2D eigenvalue weighted by Crippen LogP contribution is 2.24. The zero-order chi connectivity index (χ0) is 10.8. The summed E-state index contributed by atoms with van der Waals surface area (Å²) in [6.07, 6.45) is 0. The van der Waals surface area contributed by atoms with Gasteiger partial charge in [0.15, 0.2) is 5.82 Å². The molecule has 0 saturated heterocycles. The van der Waals surface area contributed by atoms with Gasteiger partial charge in [-0.15, -0.1) is 5.10 Å². The Morgan fingerprint density at radius 1 is 1.40 bits per heavy atom. The fourth-order valence-electron chi connectivity index (χ4n) is 1.47. The van der Waals surface area contributed by atoms with Crippen LogP contribution in [0.5, 0.6) is 0 Å². The van der Waals surface area contributed by atoms with Crippen molar-refractivity contribution in [1.82, 2.24) is 20.2 Å².